The first-order valence-electron chi connectivity index (χ1n) is 14.1. The van der Waals surface area contributed by atoms with E-state index in [1.807, 2.05) is 19.1 Å². The number of thioether (sulfide) groups is 1. The summed E-state index contributed by atoms with van der Waals surface area (Å²) in [6.07, 6.45) is 1.61. The van der Waals surface area contributed by atoms with E-state index in [0.717, 1.165) is 10.5 Å². The van der Waals surface area contributed by atoms with E-state index < -0.39 is 17.1 Å². The summed E-state index contributed by atoms with van der Waals surface area (Å²) >= 11 is 1.30. The van der Waals surface area contributed by atoms with Gasteiger partial charge in [-0.05, 0) is 79.7 Å². The first-order valence-corrected chi connectivity index (χ1v) is 15.0. The second kappa shape index (κ2) is 14.0. The Morgan fingerprint density at radius 3 is 2.27 bits per heavy atom. The number of benzene rings is 4. The molecule has 1 unspecified atom stereocenters. The lowest BCUT2D eigenvalue weighted by atomic mass is 10.1. The highest BCUT2D eigenvalue weighted by atomic mass is 32.2. The van der Waals surface area contributed by atoms with Crippen molar-refractivity contribution in [2.24, 2.45) is 0 Å². The standard InChI is InChI=1S/C35H31N3O6S/c1-22-9-13-26(14-10-22)38-32(39)21-31(35(38)42)45-28-16-11-25(12-17-28)36-34(41)29(37-33(40)23-7-5-4-6-8-23)20-24-19-27(43-2)15-18-30(24)44-3/h4-20,31H,21H2,1-3H3,(H,36,41)(H,37,40)/b29-20-. The summed E-state index contributed by atoms with van der Waals surface area (Å²) < 4.78 is 10.8. The van der Waals surface area contributed by atoms with Crippen LogP contribution in [0.15, 0.2) is 108 Å². The minimum Gasteiger partial charge on any atom is -0.497 e. The molecule has 4 aromatic carbocycles. The third kappa shape index (κ3) is 7.42. The molecule has 1 heterocycles. The Kier molecular flexibility index (Phi) is 9.64. The summed E-state index contributed by atoms with van der Waals surface area (Å²) in [5.41, 5.74) is 2.97. The lowest BCUT2D eigenvalue weighted by Crippen LogP contribution is -2.31. The van der Waals surface area contributed by atoms with Crippen LogP contribution in [0.4, 0.5) is 11.4 Å². The van der Waals surface area contributed by atoms with Gasteiger partial charge in [0.15, 0.2) is 0 Å². The van der Waals surface area contributed by atoms with Gasteiger partial charge >= 0.3 is 0 Å². The van der Waals surface area contributed by atoms with Crippen LogP contribution in [0.5, 0.6) is 11.5 Å². The van der Waals surface area contributed by atoms with Gasteiger partial charge in [0.1, 0.15) is 17.2 Å². The van der Waals surface area contributed by atoms with E-state index in [1.165, 1.54) is 37.0 Å². The number of hydrogen-bond acceptors (Lipinski definition) is 7. The van der Waals surface area contributed by atoms with Crippen LogP contribution in [0.1, 0.15) is 27.9 Å². The quantitative estimate of drug-likeness (QED) is 0.169. The third-order valence-corrected chi connectivity index (χ3v) is 8.25. The molecule has 45 heavy (non-hydrogen) atoms. The highest BCUT2D eigenvalue weighted by Gasteiger charge is 2.40. The van der Waals surface area contributed by atoms with Crippen LogP contribution in [0.2, 0.25) is 0 Å². The molecule has 1 atom stereocenters. The molecule has 2 N–H and O–H groups in total. The molecule has 0 bridgehead atoms. The van der Waals surface area contributed by atoms with E-state index in [1.54, 1.807) is 84.9 Å². The van der Waals surface area contributed by atoms with Crippen molar-refractivity contribution in [2.75, 3.05) is 24.4 Å². The van der Waals surface area contributed by atoms with Crippen LogP contribution in [-0.2, 0) is 14.4 Å². The number of nitrogens with zero attached hydrogens (tertiary/aromatic N) is 1. The first-order chi connectivity index (χ1) is 21.7. The number of anilines is 2. The molecule has 1 saturated heterocycles. The Labute approximate surface area is 265 Å². The Morgan fingerprint density at radius 1 is 0.889 bits per heavy atom. The number of hydrogen-bond donors (Lipinski definition) is 2. The predicted octanol–water partition coefficient (Wildman–Crippen LogP) is 5.85. The van der Waals surface area contributed by atoms with E-state index in [0.29, 0.717) is 34.0 Å². The molecule has 228 valence electrons. The van der Waals surface area contributed by atoms with Crippen molar-refractivity contribution >= 4 is 52.8 Å². The Hall–Kier alpha value is -5.35. The zero-order valence-corrected chi connectivity index (χ0v) is 25.7. The fourth-order valence-electron chi connectivity index (χ4n) is 4.69. The molecule has 1 fully saturated rings. The summed E-state index contributed by atoms with van der Waals surface area (Å²) in [7, 11) is 3.04. The maximum atomic E-state index is 13.5. The number of aryl methyl sites for hydroxylation is 1. The smallest absolute Gasteiger partial charge is 0.272 e. The van der Waals surface area contributed by atoms with Crippen molar-refractivity contribution < 1.29 is 28.7 Å². The zero-order chi connectivity index (χ0) is 31.9. The molecule has 0 saturated carbocycles. The summed E-state index contributed by atoms with van der Waals surface area (Å²) in [6.45, 7) is 1.94. The van der Waals surface area contributed by atoms with E-state index in [-0.39, 0.29) is 23.9 Å². The highest BCUT2D eigenvalue weighted by molar-refractivity contribution is 8.00. The van der Waals surface area contributed by atoms with Gasteiger partial charge in [-0.2, -0.15) is 0 Å². The molecule has 0 aliphatic carbocycles. The van der Waals surface area contributed by atoms with Crippen molar-refractivity contribution in [1.82, 2.24) is 5.32 Å². The number of carbonyl (C=O) groups is 4. The van der Waals surface area contributed by atoms with Crippen LogP contribution in [0.3, 0.4) is 0 Å². The minimum absolute atomic E-state index is 0.0138. The zero-order valence-electron chi connectivity index (χ0n) is 24.9. The van der Waals surface area contributed by atoms with Crippen molar-refractivity contribution in [3.8, 4) is 11.5 Å². The van der Waals surface area contributed by atoms with E-state index in [4.69, 9.17) is 9.47 Å². The Morgan fingerprint density at radius 2 is 1.60 bits per heavy atom. The van der Waals surface area contributed by atoms with Gasteiger partial charge in [0.2, 0.25) is 11.8 Å². The number of methoxy groups -OCH3 is 2. The van der Waals surface area contributed by atoms with E-state index in [2.05, 4.69) is 10.6 Å². The van der Waals surface area contributed by atoms with Crippen molar-refractivity contribution in [3.05, 3.63) is 119 Å². The average Bonchev–Trinajstić information content (AvgIpc) is 3.33. The number of rotatable bonds is 10. The van der Waals surface area contributed by atoms with E-state index >= 15 is 0 Å². The number of amides is 4. The predicted molar refractivity (Wildman–Crippen MR) is 174 cm³/mol. The van der Waals surface area contributed by atoms with Crippen molar-refractivity contribution in [3.63, 3.8) is 0 Å². The van der Waals surface area contributed by atoms with Gasteiger partial charge in [-0.1, -0.05) is 35.9 Å². The summed E-state index contributed by atoms with van der Waals surface area (Å²) in [5, 5.41) is 4.98. The topological polar surface area (TPSA) is 114 Å². The van der Waals surface area contributed by atoms with Gasteiger partial charge in [-0.3, -0.25) is 19.2 Å². The molecule has 5 rings (SSSR count). The molecule has 1 aliphatic rings. The van der Waals surface area contributed by atoms with Crippen molar-refractivity contribution in [1.29, 1.82) is 0 Å². The molecular weight excluding hydrogens is 590 g/mol. The van der Waals surface area contributed by atoms with Gasteiger partial charge in [0.25, 0.3) is 11.8 Å². The largest absolute Gasteiger partial charge is 0.497 e. The maximum Gasteiger partial charge on any atom is 0.272 e. The normalized spacial score (nSPS) is 14.7. The van der Waals surface area contributed by atoms with E-state index in [9.17, 15) is 19.2 Å². The number of ether oxygens (including phenoxy) is 2. The first kappa shape index (κ1) is 31.1. The fraction of sp³-hybridized carbons (Fsp3) is 0.143. The van der Waals surface area contributed by atoms with Crippen LogP contribution in [-0.4, -0.2) is 43.1 Å². The molecular formula is C35H31N3O6S. The Bertz CT molecular complexity index is 1750. The van der Waals surface area contributed by atoms with Gasteiger partial charge < -0.3 is 20.1 Å². The second-order valence-electron chi connectivity index (χ2n) is 10.2. The molecule has 1 aliphatic heterocycles. The molecule has 0 aromatic heterocycles. The lowest BCUT2D eigenvalue weighted by molar-refractivity contribution is -0.121. The molecule has 4 amide bonds. The monoisotopic (exact) mass is 621 g/mol. The second-order valence-corrected chi connectivity index (χ2v) is 11.5. The molecule has 10 heteroatoms. The number of carbonyl (C=O) groups excluding carboxylic acids is 4. The SMILES string of the molecule is COc1ccc(OC)c(/C=C(\NC(=O)c2ccccc2)C(=O)Nc2ccc(SC3CC(=O)N(c4ccc(C)cc4)C3=O)cc2)c1. The molecule has 9 nitrogen and oxygen atoms in total. The highest BCUT2D eigenvalue weighted by Crippen LogP contribution is 2.34. The van der Waals surface area contributed by atoms with Gasteiger partial charge in [0.05, 0.1) is 25.2 Å². The van der Waals surface area contributed by atoms with Gasteiger partial charge in [-0.25, -0.2) is 4.90 Å². The summed E-state index contributed by atoms with van der Waals surface area (Å²) in [6, 6.07) is 27.9. The number of imide groups is 1. The molecule has 0 radical (unpaired) electrons. The lowest BCUT2D eigenvalue weighted by Gasteiger charge is -2.15. The Balaban J connectivity index is 1.32. The van der Waals surface area contributed by atoms with Gasteiger partial charge in [0, 0.05) is 28.1 Å². The van der Waals surface area contributed by atoms with Crippen LogP contribution < -0.4 is 25.0 Å². The van der Waals surface area contributed by atoms with Crippen LogP contribution >= 0.6 is 11.8 Å². The molecule has 4 aromatic rings. The van der Waals surface area contributed by atoms with Crippen LogP contribution in [0, 0.1) is 6.92 Å². The third-order valence-electron chi connectivity index (χ3n) is 7.05. The van der Waals surface area contributed by atoms with Crippen molar-refractivity contribution in [2.45, 2.75) is 23.5 Å². The number of nitrogens with one attached hydrogen (secondary N) is 2. The fourth-order valence-corrected chi connectivity index (χ4v) is 5.74. The summed E-state index contributed by atoms with van der Waals surface area (Å²) in [5.74, 6) is -0.486. The molecule has 0 spiro atoms. The maximum absolute atomic E-state index is 13.5. The minimum atomic E-state index is -0.560. The summed E-state index contributed by atoms with van der Waals surface area (Å²) in [4.78, 5) is 54.3. The van der Waals surface area contributed by atoms with Gasteiger partial charge in [-0.15, -0.1) is 11.8 Å². The van der Waals surface area contributed by atoms with Crippen LogP contribution in [0.25, 0.3) is 6.08 Å². The average molecular weight is 622 g/mol.